The molecule has 1 heterocycles. The maximum Gasteiger partial charge on any atom is 0.419 e. The number of aromatic nitrogens is 2. The normalized spacial score (nSPS) is 12.2. The molecule has 12 nitrogen and oxygen atoms in total. The number of rotatable bonds is 8. The van der Waals surface area contributed by atoms with Crippen molar-refractivity contribution in [1.29, 1.82) is 0 Å². The van der Waals surface area contributed by atoms with Crippen LogP contribution in [-0.4, -0.2) is 57.7 Å². The monoisotopic (exact) mass is 514 g/mol. The molecule has 0 fully saturated rings. The van der Waals surface area contributed by atoms with E-state index in [4.69, 9.17) is 14.2 Å². The zero-order valence-electron chi connectivity index (χ0n) is 22.3. The Morgan fingerprint density at radius 3 is 2.11 bits per heavy atom. The molecular formula is C25H34N6O6. The van der Waals surface area contributed by atoms with Crippen molar-refractivity contribution >= 4 is 18.2 Å². The van der Waals surface area contributed by atoms with Gasteiger partial charge in [0.25, 0.3) is 0 Å². The molecular weight excluding hydrogens is 480 g/mol. The van der Waals surface area contributed by atoms with Gasteiger partial charge < -0.3 is 14.2 Å². The molecule has 1 unspecified atom stereocenters. The number of esters is 1. The summed E-state index contributed by atoms with van der Waals surface area (Å²) in [6, 6.07) is 8.51. The zero-order valence-corrected chi connectivity index (χ0v) is 22.3. The summed E-state index contributed by atoms with van der Waals surface area (Å²) in [4.78, 5) is 41.9. The summed E-state index contributed by atoms with van der Waals surface area (Å²) in [7, 11) is 1.22. The van der Waals surface area contributed by atoms with Gasteiger partial charge in [-0.15, -0.1) is 0 Å². The highest BCUT2D eigenvalue weighted by atomic mass is 16.6. The van der Waals surface area contributed by atoms with E-state index in [1.54, 1.807) is 47.7 Å². The Morgan fingerprint density at radius 1 is 1.05 bits per heavy atom. The fourth-order valence-corrected chi connectivity index (χ4v) is 3.27. The van der Waals surface area contributed by atoms with Gasteiger partial charge in [-0.2, -0.15) is 5.10 Å². The van der Waals surface area contributed by atoms with E-state index in [0.717, 1.165) is 10.5 Å². The van der Waals surface area contributed by atoms with Crippen LogP contribution in [0.5, 0.6) is 0 Å². The highest BCUT2D eigenvalue weighted by Gasteiger charge is 2.32. The van der Waals surface area contributed by atoms with Gasteiger partial charge in [0.05, 0.1) is 19.7 Å². The third-order valence-corrected chi connectivity index (χ3v) is 4.76. The molecule has 2 rings (SSSR count). The Balaban J connectivity index is 2.38. The largest absolute Gasteiger partial charge is 0.464 e. The Morgan fingerprint density at radius 2 is 1.62 bits per heavy atom. The third-order valence-electron chi connectivity index (χ3n) is 4.76. The Bertz CT molecular complexity index is 1110. The van der Waals surface area contributed by atoms with Crippen LogP contribution in [0.2, 0.25) is 0 Å². The van der Waals surface area contributed by atoms with E-state index in [2.05, 4.69) is 15.1 Å². The maximum atomic E-state index is 12.8. The molecule has 0 saturated carbocycles. The van der Waals surface area contributed by atoms with Crippen LogP contribution in [-0.2, 0) is 20.8 Å². The molecule has 0 bridgehead atoms. The zero-order chi connectivity index (χ0) is 27.8. The number of ether oxygens (including phenoxy) is 3. The third kappa shape index (κ3) is 9.16. The molecule has 0 aliphatic heterocycles. The van der Waals surface area contributed by atoms with Crippen molar-refractivity contribution < 1.29 is 28.6 Å². The van der Waals surface area contributed by atoms with Gasteiger partial charge in [0.2, 0.25) is 0 Å². The average molecular weight is 515 g/mol. The predicted octanol–water partition coefficient (Wildman–Crippen LogP) is 5.63. The van der Waals surface area contributed by atoms with Gasteiger partial charge in [-0.05, 0) is 59.1 Å². The van der Waals surface area contributed by atoms with Crippen LogP contribution in [0.4, 0.5) is 9.59 Å². The standard InChI is InChI=1S/C25H34N6O6/c1-24(2,3)36-22(33)31(23(34)37-25(4,5)6)14-13-19(27-29-26)18-16-30(28-20(18)21(32)35-7)15-17-11-9-8-10-12-17/h8-12,16,19H,13-15H2,1-7H3. The lowest BCUT2D eigenvalue weighted by molar-refractivity contribution is 0.000946. The molecule has 200 valence electrons. The van der Waals surface area contributed by atoms with Gasteiger partial charge in [-0.25, -0.2) is 19.3 Å². The van der Waals surface area contributed by atoms with Crippen molar-refractivity contribution in [3.05, 3.63) is 63.8 Å². The lowest BCUT2D eigenvalue weighted by Gasteiger charge is -2.29. The molecule has 0 radical (unpaired) electrons. The summed E-state index contributed by atoms with van der Waals surface area (Å²) >= 11 is 0. The Kier molecular flexibility index (Phi) is 9.67. The summed E-state index contributed by atoms with van der Waals surface area (Å²) in [5.74, 6) is -0.712. The van der Waals surface area contributed by atoms with Crippen molar-refractivity contribution in [1.82, 2.24) is 14.7 Å². The molecule has 2 amide bonds. The van der Waals surface area contributed by atoms with Crippen LogP contribution < -0.4 is 0 Å². The smallest absolute Gasteiger partial charge is 0.419 e. The van der Waals surface area contributed by atoms with Crippen molar-refractivity contribution in [2.75, 3.05) is 13.7 Å². The van der Waals surface area contributed by atoms with E-state index < -0.39 is 35.4 Å². The number of methoxy groups -OCH3 is 1. The first-order valence-corrected chi connectivity index (χ1v) is 11.7. The molecule has 0 N–H and O–H groups in total. The second-order valence-electron chi connectivity index (χ2n) is 10.2. The van der Waals surface area contributed by atoms with Crippen LogP contribution in [0.3, 0.4) is 0 Å². The minimum Gasteiger partial charge on any atom is -0.464 e. The van der Waals surface area contributed by atoms with Crippen LogP contribution in [0.25, 0.3) is 10.4 Å². The molecule has 1 atom stereocenters. The molecule has 12 heteroatoms. The number of azide groups is 1. The van der Waals surface area contributed by atoms with Crippen molar-refractivity contribution in [3.8, 4) is 0 Å². The molecule has 0 saturated heterocycles. The first-order valence-electron chi connectivity index (χ1n) is 11.7. The minimum atomic E-state index is -0.948. The second kappa shape index (κ2) is 12.3. The summed E-state index contributed by atoms with van der Waals surface area (Å²) < 4.78 is 17.2. The van der Waals surface area contributed by atoms with Gasteiger partial charge >= 0.3 is 18.2 Å². The molecule has 0 aliphatic carbocycles. The van der Waals surface area contributed by atoms with Crippen molar-refractivity contribution in [3.63, 3.8) is 0 Å². The van der Waals surface area contributed by atoms with Crippen molar-refractivity contribution in [2.45, 2.75) is 71.8 Å². The van der Waals surface area contributed by atoms with Crippen LogP contribution >= 0.6 is 0 Å². The number of imide groups is 1. The summed E-state index contributed by atoms with van der Waals surface area (Å²) in [6.07, 6.45) is -0.253. The Labute approximate surface area is 216 Å². The number of benzene rings is 1. The van der Waals surface area contributed by atoms with Crippen molar-refractivity contribution in [2.24, 2.45) is 5.11 Å². The van der Waals surface area contributed by atoms with E-state index in [0.29, 0.717) is 12.1 Å². The Hall–Kier alpha value is -4.05. The van der Waals surface area contributed by atoms with Crippen LogP contribution in [0.15, 0.2) is 41.6 Å². The number of carbonyl (C=O) groups is 3. The predicted molar refractivity (Wildman–Crippen MR) is 135 cm³/mol. The van der Waals surface area contributed by atoms with E-state index >= 15 is 0 Å². The topological polar surface area (TPSA) is 149 Å². The van der Waals surface area contributed by atoms with Gasteiger partial charge in [-0.3, -0.25) is 4.68 Å². The fraction of sp³-hybridized carbons (Fsp3) is 0.520. The summed E-state index contributed by atoms with van der Waals surface area (Å²) in [5.41, 5.74) is 8.72. The first kappa shape index (κ1) is 29.2. The second-order valence-corrected chi connectivity index (χ2v) is 10.2. The lowest BCUT2D eigenvalue weighted by atomic mass is 10.0. The molecule has 0 aliphatic rings. The SMILES string of the molecule is COC(=O)c1nn(Cc2ccccc2)cc1C(CCN(C(=O)OC(C)(C)C)C(=O)OC(C)(C)C)N=[N+]=[N-]. The average Bonchev–Trinajstić information content (AvgIpc) is 3.19. The molecule has 37 heavy (non-hydrogen) atoms. The van der Waals surface area contributed by atoms with Gasteiger partial charge in [-0.1, -0.05) is 35.4 Å². The first-order chi connectivity index (χ1) is 17.2. The van der Waals surface area contributed by atoms with Crippen LogP contribution in [0.1, 0.15) is 75.6 Å². The fourth-order valence-electron chi connectivity index (χ4n) is 3.27. The maximum absolute atomic E-state index is 12.8. The lowest BCUT2D eigenvalue weighted by Crippen LogP contribution is -2.44. The van der Waals surface area contributed by atoms with Gasteiger partial charge in [0.1, 0.15) is 11.2 Å². The highest BCUT2D eigenvalue weighted by Crippen LogP contribution is 2.27. The van der Waals surface area contributed by atoms with Gasteiger partial charge in [0.15, 0.2) is 5.69 Å². The van der Waals surface area contributed by atoms with E-state index in [9.17, 15) is 19.9 Å². The summed E-state index contributed by atoms with van der Waals surface area (Å²) in [5, 5.41) is 8.16. The summed E-state index contributed by atoms with van der Waals surface area (Å²) in [6.45, 7) is 10.2. The molecule has 1 aromatic carbocycles. The van der Waals surface area contributed by atoms with E-state index in [1.165, 1.54) is 11.8 Å². The van der Waals surface area contributed by atoms with E-state index in [-0.39, 0.29) is 18.7 Å². The highest BCUT2D eigenvalue weighted by molar-refractivity contribution is 5.89. The molecule has 0 spiro atoms. The number of hydrogen-bond acceptors (Lipinski definition) is 8. The minimum absolute atomic E-state index is 0.0242. The number of amides is 2. The molecule has 2 aromatic rings. The number of nitrogens with zero attached hydrogens (tertiary/aromatic N) is 6. The number of hydrogen-bond donors (Lipinski definition) is 0. The number of carbonyl (C=O) groups excluding carboxylic acids is 3. The molecule has 1 aromatic heterocycles. The van der Waals surface area contributed by atoms with Gasteiger partial charge in [0, 0.05) is 23.2 Å². The van der Waals surface area contributed by atoms with E-state index in [1.807, 2.05) is 30.3 Å². The van der Waals surface area contributed by atoms with Crippen LogP contribution in [0, 0.1) is 0 Å². The quantitative estimate of drug-likeness (QED) is 0.146.